The van der Waals surface area contributed by atoms with Gasteiger partial charge in [-0.2, -0.15) is 5.10 Å². The van der Waals surface area contributed by atoms with Gasteiger partial charge >= 0.3 is 0 Å². The van der Waals surface area contributed by atoms with Crippen LogP contribution in [0, 0.1) is 0 Å². The lowest BCUT2D eigenvalue weighted by Crippen LogP contribution is -2.20. The van der Waals surface area contributed by atoms with Crippen molar-refractivity contribution in [1.82, 2.24) is 14.8 Å². The number of hydrogen-bond acceptors (Lipinski definition) is 4. The van der Waals surface area contributed by atoms with E-state index in [0.717, 1.165) is 24.5 Å². The lowest BCUT2D eigenvalue weighted by molar-refractivity contribution is 0.315. The molecule has 0 amide bonds. The first-order valence-electron chi connectivity index (χ1n) is 5.53. The van der Waals surface area contributed by atoms with E-state index < -0.39 is 0 Å². The summed E-state index contributed by atoms with van der Waals surface area (Å²) in [5.41, 5.74) is 5.48. The predicted molar refractivity (Wildman–Crippen MR) is 61.5 cm³/mol. The quantitative estimate of drug-likeness (QED) is 0.340. The normalized spacial score (nSPS) is 14.1. The van der Waals surface area contributed by atoms with Crippen molar-refractivity contribution in [1.29, 1.82) is 0 Å². The number of rotatable bonds is 5. The van der Waals surface area contributed by atoms with Gasteiger partial charge in [-0.15, -0.1) is 0 Å². The van der Waals surface area contributed by atoms with Gasteiger partial charge in [-0.05, 0) is 6.92 Å². The molecule has 0 aliphatic carbocycles. The minimum atomic E-state index is 0.0543. The third-order valence-electron chi connectivity index (χ3n) is 2.43. The molecule has 1 unspecified atom stereocenters. The van der Waals surface area contributed by atoms with E-state index in [9.17, 15) is 0 Å². The highest BCUT2D eigenvalue weighted by Crippen LogP contribution is 2.13. The number of aryl methyl sites for hydroxylation is 2. The number of hydrogen-bond donors (Lipinski definition) is 2. The number of aromatic nitrogens is 3. The van der Waals surface area contributed by atoms with E-state index in [1.807, 2.05) is 25.5 Å². The molecular formula is C10H19N5O. The van der Waals surface area contributed by atoms with Gasteiger partial charge in [-0.25, -0.2) is 9.67 Å². The average Bonchev–Trinajstić information content (AvgIpc) is 2.71. The largest absolute Gasteiger partial charge is 0.409 e. The highest BCUT2D eigenvalue weighted by atomic mass is 16.4. The lowest BCUT2D eigenvalue weighted by atomic mass is 10.2. The van der Waals surface area contributed by atoms with E-state index in [1.54, 1.807) is 0 Å². The zero-order chi connectivity index (χ0) is 12.1. The molecule has 1 heterocycles. The second-order valence-electron chi connectivity index (χ2n) is 3.74. The first-order valence-corrected chi connectivity index (χ1v) is 5.53. The Hall–Kier alpha value is -1.59. The smallest absolute Gasteiger partial charge is 0.150 e. The van der Waals surface area contributed by atoms with Crippen molar-refractivity contribution < 1.29 is 5.21 Å². The molecule has 0 bridgehead atoms. The third-order valence-corrected chi connectivity index (χ3v) is 2.43. The van der Waals surface area contributed by atoms with Gasteiger partial charge in [-0.3, -0.25) is 0 Å². The molecule has 1 atom stereocenters. The summed E-state index contributed by atoms with van der Waals surface area (Å²) in [7, 11) is 0. The fourth-order valence-corrected chi connectivity index (χ4v) is 1.58. The Morgan fingerprint density at radius 2 is 2.19 bits per heavy atom. The molecule has 0 radical (unpaired) electrons. The Balaban J connectivity index is 2.88. The molecule has 6 nitrogen and oxygen atoms in total. The maximum Gasteiger partial charge on any atom is 0.150 e. The molecular weight excluding hydrogens is 206 g/mol. The van der Waals surface area contributed by atoms with Crippen LogP contribution in [0.25, 0.3) is 0 Å². The van der Waals surface area contributed by atoms with Crippen molar-refractivity contribution in [2.75, 3.05) is 0 Å². The molecule has 0 fully saturated rings. The van der Waals surface area contributed by atoms with Crippen LogP contribution in [0.2, 0.25) is 0 Å². The average molecular weight is 225 g/mol. The summed E-state index contributed by atoms with van der Waals surface area (Å²) < 4.78 is 1.86. The minimum absolute atomic E-state index is 0.0543. The van der Waals surface area contributed by atoms with Crippen LogP contribution in [0.15, 0.2) is 5.16 Å². The molecule has 0 aliphatic heterocycles. The maximum absolute atomic E-state index is 8.53. The van der Waals surface area contributed by atoms with Crippen molar-refractivity contribution in [3.63, 3.8) is 0 Å². The van der Waals surface area contributed by atoms with E-state index in [4.69, 9.17) is 10.9 Å². The van der Waals surface area contributed by atoms with Crippen LogP contribution in [-0.2, 0) is 12.8 Å². The van der Waals surface area contributed by atoms with Crippen LogP contribution in [0.5, 0.6) is 0 Å². The second kappa shape index (κ2) is 5.48. The molecule has 16 heavy (non-hydrogen) atoms. The molecule has 0 saturated carbocycles. The summed E-state index contributed by atoms with van der Waals surface area (Å²) in [6.45, 7) is 6.04. The second-order valence-corrected chi connectivity index (χ2v) is 3.74. The predicted octanol–water partition coefficient (Wildman–Crippen LogP) is 1.10. The fraction of sp³-hybridized carbons (Fsp3) is 0.700. The third kappa shape index (κ3) is 2.71. The van der Waals surface area contributed by atoms with Gasteiger partial charge in [0, 0.05) is 19.3 Å². The number of nitrogens with two attached hydrogens (primary N) is 1. The minimum Gasteiger partial charge on any atom is -0.409 e. The van der Waals surface area contributed by atoms with Crippen molar-refractivity contribution in [3.05, 3.63) is 11.6 Å². The van der Waals surface area contributed by atoms with E-state index in [-0.39, 0.29) is 11.9 Å². The maximum atomic E-state index is 8.53. The van der Waals surface area contributed by atoms with Crippen LogP contribution in [0.1, 0.15) is 44.9 Å². The Morgan fingerprint density at radius 3 is 2.69 bits per heavy atom. The molecule has 1 rings (SSSR count). The lowest BCUT2D eigenvalue weighted by Gasteiger charge is -2.12. The highest BCUT2D eigenvalue weighted by molar-refractivity contribution is 5.79. The fourth-order valence-electron chi connectivity index (χ4n) is 1.58. The first kappa shape index (κ1) is 12.5. The van der Waals surface area contributed by atoms with Crippen LogP contribution in [0.4, 0.5) is 0 Å². The van der Waals surface area contributed by atoms with Crippen LogP contribution in [0.3, 0.4) is 0 Å². The monoisotopic (exact) mass is 225 g/mol. The Labute approximate surface area is 95.2 Å². The zero-order valence-electron chi connectivity index (χ0n) is 10.0. The van der Waals surface area contributed by atoms with Gasteiger partial charge in [0.1, 0.15) is 11.7 Å². The van der Waals surface area contributed by atoms with Crippen molar-refractivity contribution >= 4 is 5.84 Å². The van der Waals surface area contributed by atoms with E-state index >= 15 is 0 Å². The van der Waals surface area contributed by atoms with Gasteiger partial charge in [0.2, 0.25) is 0 Å². The van der Waals surface area contributed by atoms with Crippen LogP contribution in [-0.4, -0.2) is 25.8 Å². The van der Waals surface area contributed by atoms with Gasteiger partial charge in [-0.1, -0.05) is 19.0 Å². The highest BCUT2D eigenvalue weighted by Gasteiger charge is 2.14. The summed E-state index contributed by atoms with van der Waals surface area (Å²) in [5, 5.41) is 15.9. The van der Waals surface area contributed by atoms with E-state index in [2.05, 4.69) is 15.2 Å². The number of amidine groups is 1. The summed E-state index contributed by atoms with van der Waals surface area (Å²) in [6, 6.07) is 0.0543. The summed E-state index contributed by atoms with van der Waals surface area (Å²) >= 11 is 0. The summed E-state index contributed by atoms with van der Waals surface area (Å²) in [5.74, 6) is 1.99. The summed E-state index contributed by atoms with van der Waals surface area (Å²) in [4.78, 5) is 4.41. The van der Waals surface area contributed by atoms with Gasteiger partial charge in [0.15, 0.2) is 5.82 Å². The molecule has 1 aromatic rings. The molecule has 1 aromatic heterocycles. The van der Waals surface area contributed by atoms with Crippen LogP contribution < -0.4 is 5.73 Å². The molecule has 0 saturated heterocycles. The standard InChI is InChI=1S/C10H19N5O/c1-4-9-12-10(5-2)15(13-9)7(3)6-8(11)14-16/h7,16H,4-6H2,1-3H3,(H2,11,14). The number of nitrogens with zero attached hydrogens (tertiary/aromatic N) is 4. The molecule has 0 aromatic carbocycles. The Morgan fingerprint density at radius 1 is 1.50 bits per heavy atom. The molecule has 0 aliphatic rings. The Kier molecular flexibility index (Phi) is 4.28. The zero-order valence-corrected chi connectivity index (χ0v) is 10.0. The van der Waals surface area contributed by atoms with Crippen molar-refractivity contribution in [2.45, 2.75) is 46.1 Å². The topological polar surface area (TPSA) is 89.3 Å². The van der Waals surface area contributed by atoms with E-state index in [1.165, 1.54) is 0 Å². The van der Waals surface area contributed by atoms with Crippen molar-refractivity contribution in [3.8, 4) is 0 Å². The molecule has 3 N–H and O–H groups in total. The summed E-state index contributed by atoms with van der Waals surface area (Å²) in [6.07, 6.45) is 2.11. The molecule has 90 valence electrons. The van der Waals surface area contributed by atoms with Gasteiger partial charge in [0.05, 0.1) is 6.04 Å². The first-order chi connectivity index (χ1) is 7.62. The Bertz CT molecular complexity index is 371. The van der Waals surface area contributed by atoms with E-state index in [0.29, 0.717) is 6.42 Å². The molecule has 6 heteroatoms. The van der Waals surface area contributed by atoms with Gasteiger partial charge in [0.25, 0.3) is 0 Å². The van der Waals surface area contributed by atoms with Gasteiger partial charge < -0.3 is 10.9 Å². The molecule has 0 spiro atoms. The SMILES string of the molecule is CCc1nc(CC)n(C(C)CC(N)=NO)n1. The van der Waals surface area contributed by atoms with Crippen LogP contribution >= 0.6 is 0 Å². The number of oxime groups is 1. The van der Waals surface area contributed by atoms with Crippen molar-refractivity contribution in [2.24, 2.45) is 10.9 Å².